The highest BCUT2D eigenvalue weighted by atomic mass is 16.5. The minimum Gasteiger partial charge on any atom is -0.378 e. The van der Waals surface area contributed by atoms with E-state index in [-0.39, 0.29) is 0 Å². The Labute approximate surface area is 74.7 Å². The van der Waals surface area contributed by atoms with Gasteiger partial charge < -0.3 is 10.1 Å². The molecule has 12 heavy (non-hydrogen) atoms. The molecule has 1 saturated carbocycles. The van der Waals surface area contributed by atoms with E-state index in [1.807, 2.05) is 0 Å². The maximum absolute atomic E-state index is 5.78. The van der Waals surface area contributed by atoms with Gasteiger partial charge in [-0.15, -0.1) is 0 Å². The molecule has 1 aliphatic heterocycles. The van der Waals surface area contributed by atoms with E-state index in [0.29, 0.717) is 6.10 Å². The van der Waals surface area contributed by atoms with Gasteiger partial charge in [0.2, 0.25) is 0 Å². The van der Waals surface area contributed by atoms with Crippen LogP contribution in [0.2, 0.25) is 0 Å². The molecule has 1 unspecified atom stereocenters. The summed E-state index contributed by atoms with van der Waals surface area (Å²) in [6.45, 7) is 3.38. The summed E-state index contributed by atoms with van der Waals surface area (Å²) >= 11 is 0. The Kier molecular flexibility index (Phi) is 3.01. The van der Waals surface area contributed by atoms with Crippen molar-refractivity contribution in [1.29, 1.82) is 0 Å². The summed E-state index contributed by atoms with van der Waals surface area (Å²) in [6.07, 6.45) is 7.30. The summed E-state index contributed by atoms with van der Waals surface area (Å²) < 4.78 is 5.78. The first kappa shape index (κ1) is 8.52. The maximum Gasteiger partial charge on any atom is 0.0575 e. The third-order valence-corrected chi connectivity index (χ3v) is 3.02. The van der Waals surface area contributed by atoms with Crippen molar-refractivity contribution in [3.05, 3.63) is 0 Å². The Morgan fingerprint density at radius 2 is 2.08 bits per heavy atom. The fraction of sp³-hybridized carbons (Fsp3) is 1.00. The van der Waals surface area contributed by atoms with E-state index in [2.05, 4.69) is 5.32 Å². The first-order valence-electron chi connectivity index (χ1n) is 5.27. The average molecular weight is 169 g/mol. The number of ether oxygens (including phenoxy) is 1. The maximum atomic E-state index is 5.78. The van der Waals surface area contributed by atoms with Crippen LogP contribution in [0.1, 0.15) is 32.1 Å². The first-order valence-corrected chi connectivity index (χ1v) is 5.27. The molecule has 2 heteroatoms. The van der Waals surface area contributed by atoms with Gasteiger partial charge in [0.15, 0.2) is 0 Å². The SMILES string of the molecule is C1CNCC(COC2CCC2)C1. The summed E-state index contributed by atoms with van der Waals surface area (Å²) in [5, 5.41) is 3.41. The lowest BCUT2D eigenvalue weighted by Gasteiger charge is -2.29. The molecule has 0 amide bonds. The van der Waals surface area contributed by atoms with Gasteiger partial charge in [0.1, 0.15) is 0 Å². The largest absolute Gasteiger partial charge is 0.378 e. The van der Waals surface area contributed by atoms with Crippen molar-refractivity contribution in [2.45, 2.75) is 38.2 Å². The van der Waals surface area contributed by atoms with Crippen molar-refractivity contribution in [1.82, 2.24) is 5.32 Å². The predicted octanol–water partition coefficient (Wildman–Crippen LogP) is 1.56. The molecule has 1 aliphatic carbocycles. The zero-order chi connectivity index (χ0) is 8.23. The Hall–Kier alpha value is -0.0800. The normalized spacial score (nSPS) is 31.5. The standard InChI is InChI=1S/C10H19NO/c1-4-10(5-1)12-8-9-3-2-6-11-7-9/h9-11H,1-8H2. The summed E-state index contributed by atoms with van der Waals surface area (Å²) in [7, 11) is 0. The topological polar surface area (TPSA) is 21.3 Å². The minimum atomic E-state index is 0.618. The second-order valence-corrected chi connectivity index (χ2v) is 4.10. The van der Waals surface area contributed by atoms with Gasteiger partial charge in [-0.2, -0.15) is 0 Å². The van der Waals surface area contributed by atoms with Crippen LogP contribution in [-0.2, 0) is 4.74 Å². The highest BCUT2D eigenvalue weighted by Crippen LogP contribution is 2.23. The third kappa shape index (κ3) is 2.20. The van der Waals surface area contributed by atoms with Crippen LogP contribution in [0.25, 0.3) is 0 Å². The molecule has 0 aromatic heterocycles. The molecule has 0 bridgehead atoms. The van der Waals surface area contributed by atoms with Crippen LogP contribution in [0.4, 0.5) is 0 Å². The summed E-state index contributed by atoms with van der Waals surface area (Å²) in [5.41, 5.74) is 0. The fourth-order valence-corrected chi connectivity index (χ4v) is 1.88. The Balaban J connectivity index is 1.58. The Morgan fingerprint density at radius 1 is 1.17 bits per heavy atom. The predicted molar refractivity (Wildman–Crippen MR) is 49.2 cm³/mol. The van der Waals surface area contributed by atoms with Crippen LogP contribution in [0.5, 0.6) is 0 Å². The molecule has 2 rings (SSSR count). The molecule has 2 fully saturated rings. The van der Waals surface area contributed by atoms with Crippen LogP contribution in [0, 0.1) is 5.92 Å². The number of nitrogens with one attached hydrogen (secondary N) is 1. The lowest BCUT2D eigenvalue weighted by Crippen LogP contribution is -2.34. The second kappa shape index (κ2) is 4.24. The van der Waals surface area contributed by atoms with Gasteiger partial charge in [-0.25, -0.2) is 0 Å². The number of piperidine rings is 1. The zero-order valence-corrected chi connectivity index (χ0v) is 7.72. The molecule has 2 nitrogen and oxygen atoms in total. The molecule has 1 heterocycles. The summed E-state index contributed by atoms with van der Waals surface area (Å²) in [4.78, 5) is 0. The quantitative estimate of drug-likeness (QED) is 0.692. The van der Waals surface area contributed by atoms with Gasteiger partial charge in [-0.05, 0) is 44.6 Å². The van der Waals surface area contributed by atoms with E-state index in [0.717, 1.165) is 12.5 Å². The molecule has 0 spiro atoms. The van der Waals surface area contributed by atoms with E-state index < -0.39 is 0 Å². The summed E-state index contributed by atoms with van der Waals surface area (Å²) in [6, 6.07) is 0. The van der Waals surface area contributed by atoms with E-state index in [4.69, 9.17) is 4.74 Å². The molecule has 1 N–H and O–H groups in total. The lowest BCUT2D eigenvalue weighted by molar-refractivity contribution is -0.0190. The van der Waals surface area contributed by atoms with Crippen LogP contribution in [-0.4, -0.2) is 25.8 Å². The average Bonchev–Trinajstić information content (AvgIpc) is 2.04. The number of rotatable bonds is 3. The smallest absolute Gasteiger partial charge is 0.0575 e. The second-order valence-electron chi connectivity index (χ2n) is 4.10. The molecule has 1 atom stereocenters. The van der Waals surface area contributed by atoms with E-state index >= 15 is 0 Å². The molecule has 70 valence electrons. The van der Waals surface area contributed by atoms with Gasteiger partial charge >= 0.3 is 0 Å². The zero-order valence-electron chi connectivity index (χ0n) is 7.72. The van der Waals surface area contributed by atoms with Crippen molar-refractivity contribution in [2.75, 3.05) is 19.7 Å². The highest BCUT2D eigenvalue weighted by Gasteiger charge is 2.20. The Morgan fingerprint density at radius 3 is 2.67 bits per heavy atom. The minimum absolute atomic E-state index is 0.618. The van der Waals surface area contributed by atoms with Crippen LogP contribution >= 0.6 is 0 Å². The third-order valence-electron chi connectivity index (χ3n) is 3.02. The van der Waals surface area contributed by atoms with Crippen molar-refractivity contribution >= 4 is 0 Å². The summed E-state index contributed by atoms with van der Waals surface area (Å²) in [5.74, 6) is 0.791. The molecule has 0 aromatic rings. The Bertz CT molecular complexity index is 128. The molecule has 0 radical (unpaired) electrons. The van der Waals surface area contributed by atoms with Crippen LogP contribution < -0.4 is 5.32 Å². The first-order chi connectivity index (χ1) is 5.95. The highest BCUT2D eigenvalue weighted by molar-refractivity contribution is 4.72. The molecule has 0 aromatic carbocycles. The number of hydrogen-bond acceptors (Lipinski definition) is 2. The fourth-order valence-electron chi connectivity index (χ4n) is 1.88. The monoisotopic (exact) mass is 169 g/mol. The van der Waals surface area contributed by atoms with Crippen molar-refractivity contribution in [2.24, 2.45) is 5.92 Å². The van der Waals surface area contributed by atoms with Crippen molar-refractivity contribution < 1.29 is 4.74 Å². The molecule has 2 aliphatic rings. The number of hydrogen-bond donors (Lipinski definition) is 1. The lowest BCUT2D eigenvalue weighted by atomic mass is 9.95. The van der Waals surface area contributed by atoms with Gasteiger partial charge in [-0.1, -0.05) is 0 Å². The van der Waals surface area contributed by atoms with Gasteiger partial charge in [0.05, 0.1) is 12.7 Å². The van der Waals surface area contributed by atoms with Crippen molar-refractivity contribution in [3.8, 4) is 0 Å². The van der Waals surface area contributed by atoms with Gasteiger partial charge in [-0.3, -0.25) is 0 Å². The van der Waals surface area contributed by atoms with E-state index in [1.54, 1.807) is 0 Å². The van der Waals surface area contributed by atoms with Crippen LogP contribution in [0.15, 0.2) is 0 Å². The van der Waals surface area contributed by atoms with Crippen molar-refractivity contribution in [3.63, 3.8) is 0 Å². The van der Waals surface area contributed by atoms with Gasteiger partial charge in [0.25, 0.3) is 0 Å². The van der Waals surface area contributed by atoms with E-state index in [9.17, 15) is 0 Å². The van der Waals surface area contributed by atoms with Gasteiger partial charge in [0, 0.05) is 6.54 Å². The molecular weight excluding hydrogens is 150 g/mol. The van der Waals surface area contributed by atoms with Crippen LogP contribution in [0.3, 0.4) is 0 Å². The molecule has 1 saturated heterocycles. The van der Waals surface area contributed by atoms with E-state index in [1.165, 1.54) is 45.2 Å². The molecular formula is C10H19NO.